The number of aliphatic hydroxyl groups is 1. The van der Waals surface area contributed by atoms with Gasteiger partial charge in [-0.1, -0.05) is 44.2 Å². The molecule has 0 fully saturated rings. The van der Waals surface area contributed by atoms with Crippen LogP contribution in [0.4, 0.5) is 0 Å². The van der Waals surface area contributed by atoms with E-state index in [1.165, 1.54) is 0 Å². The summed E-state index contributed by atoms with van der Waals surface area (Å²) in [6.07, 6.45) is 1.54. The average molecular weight is 370 g/mol. The lowest BCUT2D eigenvalue weighted by molar-refractivity contribution is -0.0230. The predicted octanol–water partition coefficient (Wildman–Crippen LogP) is 3.17. The maximum atomic E-state index is 12.7. The molecule has 3 N–H and O–H groups in total. The standard InChI is InChI=1S/C22H30N2O3/c1-3-14-24(15-4-2)22(27)20(16-17-10-12-19(25)13-11-17)23-21(26)18-8-6-5-7-9-18/h5-13,20,22,25,27H,3-4,14-16H2,1-2H3,(H,23,26). The number of rotatable bonds is 10. The molecule has 0 heterocycles. The van der Waals surface area contributed by atoms with E-state index in [-0.39, 0.29) is 11.7 Å². The number of nitrogens with one attached hydrogen (secondary N) is 1. The summed E-state index contributed by atoms with van der Waals surface area (Å²) in [5, 5.41) is 23.5. The van der Waals surface area contributed by atoms with Crippen LogP contribution in [0.5, 0.6) is 5.75 Å². The second kappa shape index (κ2) is 10.7. The Balaban J connectivity index is 2.20. The first-order valence-corrected chi connectivity index (χ1v) is 9.61. The summed E-state index contributed by atoms with van der Waals surface area (Å²) in [4.78, 5) is 14.7. The van der Waals surface area contributed by atoms with Crippen LogP contribution < -0.4 is 5.32 Å². The molecule has 2 aromatic rings. The highest BCUT2D eigenvalue weighted by Gasteiger charge is 2.27. The predicted molar refractivity (Wildman–Crippen MR) is 108 cm³/mol. The highest BCUT2D eigenvalue weighted by molar-refractivity contribution is 5.94. The number of hydrogen-bond acceptors (Lipinski definition) is 4. The van der Waals surface area contributed by atoms with Crippen molar-refractivity contribution in [1.82, 2.24) is 10.2 Å². The molecule has 27 heavy (non-hydrogen) atoms. The van der Waals surface area contributed by atoms with Crippen molar-refractivity contribution in [2.75, 3.05) is 13.1 Å². The van der Waals surface area contributed by atoms with Crippen LogP contribution in [-0.2, 0) is 6.42 Å². The molecule has 2 unspecified atom stereocenters. The summed E-state index contributed by atoms with van der Waals surface area (Å²) < 4.78 is 0. The Morgan fingerprint density at radius 2 is 1.59 bits per heavy atom. The monoisotopic (exact) mass is 370 g/mol. The van der Waals surface area contributed by atoms with Crippen LogP contribution in [0.1, 0.15) is 42.6 Å². The van der Waals surface area contributed by atoms with Gasteiger partial charge in [0.15, 0.2) is 0 Å². The van der Waals surface area contributed by atoms with E-state index >= 15 is 0 Å². The van der Waals surface area contributed by atoms with Gasteiger partial charge in [-0.15, -0.1) is 0 Å². The van der Waals surface area contributed by atoms with Gasteiger partial charge in [0.25, 0.3) is 5.91 Å². The van der Waals surface area contributed by atoms with Crippen LogP contribution >= 0.6 is 0 Å². The Labute approximate surface area is 161 Å². The third kappa shape index (κ3) is 6.38. The number of aliphatic hydroxyl groups excluding tert-OH is 1. The maximum absolute atomic E-state index is 12.7. The number of hydrogen-bond donors (Lipinski definition) is 3. The van der Waals surface area contributed by atoms with E-state index in [1.807, 2.05) is 35.2 Å². The highest BCUT2D eigenvalue weighted by atomic mass is 16.3. The first-order valence-electron chi connectivity index (χ1n) is 9.61. The van der Waals surface area contributed by atoms with Crippen molar-refractivity contribution in [2.45, 2.75) is 45.4 Å². The van der Waals surface area contributed by atoms with Gasteiger partial charge in [0, 0.05) is 18.7 Å². The smallest absolute Gasteiger partial charge is 0.251 e. The zero-order valence-corrected chi connectivity index (χ0v) is 16.1. The fourth-order valence-corrected chi connectivity index (χ4v) is 3.16. The zero-order valence-electron chi connectivity index (χ0n) is 16.1. The van der Waals surface area contributed by atoms with E-state index in [2.05, 4.69) is 19.2 Å². The maximum Gasteiger partial charge on any atom is 0.251 e. The molecule has 0 saturated carbocycles. The summed E-state index contributed by atoms with van der Waals surface area (Å²) in [6, 6.07) is 15.4. The number of carbonyl (C=O) groups excluding carboxylic acids is 1. The normalized spacial score (nSPS) is 13.3. The van der Waals surface area contributed by atoms with Crippen molar-refractivity contribution in [3.63, 3.8) is 0 Å². The van der Waals surface area contributed by atoms with Crippen molar-refractivity contribution in [3.8, 4) is 5.75 Å². The third-order valence-electron chi connectivity index (χ3n) is 4.50. The van der Waals surface area contributed by atoms with Crippen LogP contribution in [0, 0.1) is 0 Å². The fraction of sp³-hybridized carbons (Fsp3) is 0.409. The molecule has 1 amide bonds. The van der Waals surface area contributed by atoms with Gasteiger partial charge in [0.2, 0.25) is 0 Å². The summed E-state index contributed by atoms with van der Waals surface area (Å²) in [5.41, 5.74) is 1.51. The van der Waals surface area contributed by atoms with Crippen LogP contribution in [0.15, 0.2) is 54.6 Å². The average Bonchev–Trinajstić information content (AvgIpc) is 2.69. The van der Waals surface area contributed by atoms with E-state index in [1.54, 1.807) is 24.3 Å². The van der Waals surface area contributed by atoms with Crippen molar-refractivity contribution in [3.05, 3.63) is 65.7 Å². The lowest BCUT2D eigenvalue weighted by Gasteiger charge is -2.33. The number of phenolic OH excluding ortho intramolecular Hbond substituents is 1. The minimum atomic E-state index is -0.786. The number of aromatic hydroxyl groups is 1. The number of amides is 1. The SMILES string of the molecule is CCCN(CCC)C(O)C(Cc1ccc(O)cc1)NC(=O)c1ccccc1. The molecule has 0 aromatic heterocycles. The molecule has 0 saturated heterocycles. The topological polar surface area (TPSA) is 72.8 Å². The summed E-state index contributed by atoms with van der Waals surface area (Å²) in [6.45, 7) is 5.68. The van der Waals surface area contributed by atoms with E-state index in [4.69, 9.17) is 0 Å². The Morgan fingerprint density at radius 3 is 2.15 bits per heavy atom. The highest BCUT2D eigenvalue weighted by Crippen LogP contribution is 2.15. The molecule has 0 spiro atoms. The van der Waals surface area contributed by atoms with Gasteiger partial charge in [-0.05, 0) is 49.1 Å². The molecule has 5 heteroatoms. The molecule has 0 aliphatic rings. The molecular formula is C22H30N2O3. The summed E-state index contributed by atoms with van der Waals surface area (Å²) >= 11 is 0. The van der Waals surface area contributed by atoms with Crippen molar-refractivity contribution in [2.24, 2.45) is 0 Å². The number of benzene rings is 2. The van der Waals surface area contributed by atoms with Crippen LogP contribution in [0.2, 0.25) is 0 Å². The Kier molecular flexibility index (Phi) is 8.30. The minimum absolute atomic E-state index is 0.197. The largest absolute Gasteiger partial charge is 0.508 e. The molecule has 2 aromatic carbocycles. The van der Waals surface area contributed by atoms with Gasteiger partial charge >= 0.3 is 0 Å². The molecule has 0 radical (unpaired) electrons. The molecule has 2 rings (SSSR count). The number of nitrogens with zero attached hydrogens (tertiary/aromatic N) is 1. The van der Waals surface area contributed by atoms with E-state index in [9.17, 15) is 15.0 Å². The Hall–Kier alpha value is -2.37. The molecule has 2 atom stereocenters. The van der Waals surface area contributed by atoms with Crippen LogP contribution in [-0.4, -0.2) is 46.4 Å². The lowest BCUT2D eigenvalue weighted by Crippen LogP contribution is -2.53. The van der Waals surface area contributed by atoms with Crippen molar-refractivity contribution >= 4 is 5.91 Å². The lowest BCUT2D eigenvalue weighted by atomic mass is 10.0. The number of phenols is 1. The zero-order chi connectivity index (χ0) is 19.6. The van der Waals surface area contributed by atoms with Gasteiger partial charge < -0.3 is 15.5 Å². The molecular weight excluding hydrogens is 340 g/mol. The van der Waals surface area contributed by atoms with E-state index < -0.39 is 12.3 Å². The van der Waals surface area contributed by atoms with Crippen molar-refractivity contribution in [1.29, 1.82) is 0 Å². The first-order chi connectivity index (χ1) is 13.0. The molecule has 5 nitrogen and oxygen atoms in total. The first kappa shape index (κ1) is 20.9. The second-order valence-corrected chi connectivity index (χ2v) is 6.77. The summed E-state index contributed by atoms with van der Waals surface area (Å²) in [5.74, 6) is -0.00543. The molecule has 0 aliphatic heterocycles. The van der Waals surface area contributed by atoms with Crippen molar-refractivity contribution < 1.29 is 15.0 Å². The molecule has 0 aliphatic carbocycles. The molecule has 0 bridgehead atoms. The minimum Gasteiger partial charge on any atom is -0.508 e. The van der Waals surface area contributed by atoms with E-state index in [0.717, 1.165) is 31.5 Å². The Bertz CT molecular complexity index is 682. The quantitative estimate of drug-likeness (QED) is 0.562. The fourth-order valence-electron chi connectivity index (χ4n) is 3.16. The molecule has 146 valence electrons. The van der Waals surface area contributed by atoms with Crippen LogP contribution in [0.25, 0.3) is 0 Å². The summed E-state index contributed by atoms with van der Waals surface area (Å²) in [7, 11) is 0. The van der Waals surface area contributed by atoms with Gasteiger partial charge in [0.05, 0.1) is 6.04 Å². The van der Waals surface area contributed by atoms with Gasteiger partial charge in [0.1, 0.15) is 12.0 Å². The Morgan fingerprint density at radius 1 is 1.00 bits per heavy atom. The van der Waals surface area contributed by atoms with Gasteiger partial charge in [-0.25, -0.2) is 0 Å². The number of carbonyl (C=O) groups is 1. The van der Waals surface area contributed by atoms with Crippen LogP contribution in [0.3, 0.4) is 0 Å². The third-order valence-corrected chi connectivity index (χ3v) is 4.50. The van der Waals surface area contributed by atoms with E-state index in [0.29, 0.717) is 12.0 Å². The van der Waals surface area contributed by atoms with Gasteiger partial charge in [-0.2, -0.15) is 0 Å². The van der Waals surface area contributed by atoms with Gasteiger partial charge in [-0.3, -0.25) is 9.69 Å². The second-order valence-electron chi connectivity index (χ2n) is 6.77.